The van der Waals surface area contributed by atoms with Crippen LogP contribution in [-0.4, -0.2) is 28.5 Å². The molecule has 23 heavy (non-hydrogen) atoms. The van der Waals surface area contributed by atoms with E-state index < -0.39 is 17.6 Å². The van der Waals surface area contributed by atoms with E-state index in [-0.39, 0.29) is 11.3 Å². The molecule has 0 radical (unpaired) electrons. The van der Waals surface area contributed by atoms with Crippen molar-refractivity contribution in [2.45, 2.75) is 19.9 Å². The first-order valence-electron chi connectivity index (χ1n) is 7.00. The van der Waals surface area contributed by atoms with Crippen LogP contribution >= 0.6 is 0 Å². The van der Waals surface area contributed by atoms with Crippen molar-refractivity contribution in [3.63, 3.8) is 0 Å². The van der Waals surface area contributed by atoms with Crippen LogP contribution in [0.1, 0.15) is 30.2 Å². The Morgan fingerprint density at radius 2 is 1.74 bits per heavy atom. The second-order valence-corrected chi connectivity index (χ2v) is 5.13. The number of ether oxygens (including phenoxy) is 1. The highest BCUT2D eigenvalue weighted by atomic mass is 16.5. The van der Waals surface area contributed by atoms with Crippen LogP contribution in [0.4, 0.5) is 0 Å². The van der Waals surface area contributed by atoms with E-state index in [0.29, 0.717) is 17.0 Å². The molecule has 120 valence electrons. The van der Waals surface area contributed by atoms with E-state index in [1.807, 2.05) is 0 Å². The molecule has 1 aromatic heterocycles. The van der Waals surface area contributed by atoms with E-state index in [1.165, 1.54) is 23.6 Å². The van der Waals surface area contributed by atoms with Gasteiger partial charge in [0.1, 0.15) is 11.3 Å². The van der Waals surface area contributed by atoms with Gasteiger partial charge in [-0.2, -0.15) is 0 Å². The molecular weight excluding hydrogens is 298 g/mol. The number of nitrogens with zero attached hydrogens (tertiary/aromatic N) is 1. The zero-order chi connectivity index (χ0) is 17.1. The lowest BCUT2D eigenvalue weighted by Crippen LogP contribution is -2.32. The van der Waals surface area contributed by atoms with Gasteiger partial charge in [0.15, 0.2) is 5.78 Å². The van der Waals surface area contributed by atoms with Crippen molar-refractivity contribution in [3.8, 4) is 17.0 Å². The molecule has 0 aliphatic rings. The summed E-state index contributed by atoms with van der Waals surface area (Å²) in [6.07, 6.45) is 0. The zero-order valence-electron chi connectivity index (χ0n) is 13.1. The molecule has 0 spiro atoms. The smallest absolute Gasteiger partial charge is 0.341 e. The van der Waals surface area contributed by atoms with Crippen molar-refractivity contribution in [2.24, 2.45) is 0 Å². The molecule has 0 saturated carbocycles. The van der Waals surface area contributed by atoms with E-state index in [9.17, 15) is 14.4 Å². The molecule has 0 amide bonds. The number of rotatable bonds is 5. The highest BCUT2D eigenvalue weighted by Crippen LogP contribution is 2.24. The summed E-state index contributed by atoms with van der Waals surface area (Å²) >= 11 is 0. The van der Waals surface area contributed by atoms with Crippen LogP contribution in [0.25, 0.3) is 11.3 Å². The molecular formula is C17H17NO5. The highest BCUT2D eigenvalue weighted by molar-refractivity contribution is 5.88. The average Bonchev–Trinajstić information content (AvgIpc) is 2.53. The van der Waals surface area contributed by atoms with Gasteiger partial charge in [0.2, 0.25) is 0 Å². The standard InChI is InChI=1S/C17H17NO5/c1-10(11(2)19)18-15(9-8-14(16(18)20)17(21)22)12-4-6-13(23-3)7-5-12/h4-10H,1-3H3,(H,21,22). The molecule has 1 unspecified atom stereocenters. The van der Waals surface area contributed by atoms with Gasteiger partial charge in [-0.3, -0.25) is 14.2 Å². The Labute approximate surface area is 133 Å². The maximum atomic E-state index is 12.5. The maximum absolute atomic E-state index is 12.5. The number of benzene rings is 1. The topological polar surface area (TPSA) is 85.6 Å². The first-order chi connectivity index (χ1) is 10.9. The van der Waals surface area contributed by atoms with Gasteiger partial charge in [0.05, 0.1) is 18.8 Å². The third-order valence-electron chi connectivity index (χ3n) is 3.71. The van der Waals surface area contributed by atoms with Crippen molar-refractivity contribution in [1.82, 2.24) is 4.57 Å². The summed E-state index contributed by atoms with van der Waals surface area (Å²) in [5.74, 6) is -0.894. The molecule has 1 heterocycles. The number of hydrogen-bond donors (Lipinski definition) is 1. The Bertz CT molecular complexity index is 805. The minimum atomic E-state index is -1.32. The van der Waals surface area contributed by atoms with Gasteiger partial charge in [0.25, 0.3) is 5.56 Å². The van der Waals surface area contributed by atoms with Crippen LogP contribution in [-0.2, 0) is 4.79 Å². The van der Waals surface area contributed by atoms with Crippen LogP contribution in [0, 0.1) is 0 Å². The summed E-state index contributed by atoms with van der Waals surface area (Å²) in [5, 5.41) is 9.13. The van der Waals surface area contributed by atoms with Crippen LogP contribution in [0.2, 0.25) is 0 Å². The number of carbonyl (C=O) groups excluding carboxylic acids is 1. The fraction of sp³-hybridized carbons (Fsp3) is 0.235. The molecule has 0 saturated heterocycles. The highest BCUT2D eigenvalue weighted by Gasteiger charge is 2.21. The molecule has 1 N–H and O–H groups in total. The van der Waals surface area contributed by atoms with Gasteiger partial charge < -0.3 is 9.84 Å². The molecule has 6 nitrogen and oxygen atoms in total. The molecule has 1 aromatic carbocycles. The second kappa shape index (κ2) is 6.48. The fourth-order valence-electron chi connectivity index (χ4n) is 2.28. The number of aromatic nitrogens is 1. The van der Waals surface area contributed by atoms with Crippen LogP contribution in [0.15, 0.2) is 41.2 Å². The summed E-state index contributed by atoms with van der Waals surface area (Å²) in [6, 6.07) is 8.98. The van der Waals surface area contributed by atoms with Crippen molar-refractivity contribution in [1.29, 1.82) is 0 Å². The van der Waals surface area contributed by atoms with Crippen LogP contribution in [0.5, 0.6) is 5.75 Å². The lowest BCUT2D eigenvalue weighted by Gasteiger charge is -2.18. The maximum Gasteiger partial charge on any atom is 0.341 e. The van der Waals surface area contributed by atoms with E-state index in [1.54, 1.807) is 38.3 Å². The predicted molar refractivity (Wildman–Crippen MR) is 85.0 cm³/mol. The molecule has 0 aliphatic heterocycles. The summed E-state index contributed by atoms with van der Waals surface area (Å²) in [4.78, 5) is 35.4. The van der Waals surface area contributed by atoms with Crippen molar-refractivity contribution >= 4 is 11.8 Å². The molecule has 1 atom stereocenters. The number of carboxylic acid groups (broad SMARTS) is 1. The van der Waals surface area contributed by atoms with Crippen molar-refractivity contribution in [2.75, 3.05) is 7.11 Å². The lowest BCUT2D eigenvalue weighted by molar-refractivity contribution is -0.119. The first kappa shape index (κ1) is 16.5. The monoisotopic (exact) mass is 315 g/mol. The van der Waals surface area contributed by atoms with E-state index in [4.69, 9.17) is 9.84 Å². The number of carbonyl (C=O) groups is 2. The quantitative estimate of drug-likeness (QED) is 0.915. The molecule has 2 rings (SSSR count). The van der Waals surface area contributed by atoms with E-state index >= 15 is 0 Å². The number of pyridine rings is 1. The summed E-state index contributed by atoms with van der Waals surface area (Å²) in [7, 11) is 1.55. The Kier molecular flexibility index (Phi) is 4.64. The number of aromatic carboxylic acids is 1. The van der Waals surface area contributed by atoms with Gasteiger partial charge in [-0.15, -0.1) is 0 Å². The number of methoxy groups -OCH3 is 1. The molecule has 0 fully saturated rings. The third-order valence-corrected chi connectivity index (χ3v) is 3.71. The zero-order valence-corrected chi connectivity index (χ0v) is 13.1. The minimum Gasteiger partial charge on any atom is -0.497 e. The van der Waals surface area contributed by atoms with Crippen molar-refractivity contribution < 1.29 is 19.4 Å². The van der Waals surface area contributed by atoms with Gasteiger partial charge >= 0.3 is 5.97 Å². The van der Waals surface area contributed by atoms with E-state index in [0.717, 1.165) is 0 Å². The Hall–Kier alpha value is -2.89. The summed E-state index contributed by atoms with van der Waals surface area (Å²) in [6.45, 7) is 2.94. The lowest BCUT2D eigenvalue weighted by atomic mass is 10.1. The van der Waals surface area contributed by atoms with Gasteiger partial charge in [0, 0.05) is 0 Å². The van der Waals surface area contributed by atoms with E-state index in [2.05, 4.69) is 0 Å². The summed E-state index contributed by atoms with van der Waals surface area (Å²) in [5.41, 5.74) is 0.0992. The Morgan fingerprint density at radius 1 is 1.13 bits per heavy atom. The molecule has 6 heteroatoms. The number of Topliss-reactive ketones (excluding diaryl/α,β-unsaturated/α-hetero) is 1. The molecule has 0 bridgehead atoms. The average molecular weight is 315 g/mol. The Morgan fingerprint density at radius 3 is 2.22 bits per heavy atom. The minimum absolute atomic E-state index is 0.232. The fourth-order valence-corrected chi connectivity index (χ4v) is 2.28. The van der Waals surface area contributed by atoms with Crippen molar-refractivity contribution in [3.05, 3.63) is 52.3 Å². The second-order valence-electron chi connectivity index (χ2n) is 5.13. The normalized spacial score (nSPS) is 11.8. The number of ketones is 1. The number of hydrogen-bond acceptors (Lipinski definition) is 4. The molecule has 2 aromatic rings. The van der Waals surface area contributed by atoms with Gasteiger partial charge in [-0.1, -0.05) is 0 Å². The Balaban J connectivity index is 2.71. The largest absolute Gasteiger partial charge is 0.497 e. The third kappa shape index (κ3) is 3.15. The van der Waals surface area contributed by atoms with Crippen LogP contribution < -0.4 is 10.3 Å². The predicted octanol–water partition coefficient (Wildman–Crippen LogP) is 2.37. The SMILES string of the molecule is COc1ccc(-c2ccc(C(=O)O)c(=O)n2C(C)C(C)=O)cc1. The first-order valence-corrected chi connectivity index (χ1v) is 7.00. The summed E-state index contributed by atoms with van der Waals surface area (Å²) < 4.78 is 6.31. The van der Waals surface area contributed by atoms with Crippen LogP contribution in [0.3, 0.4) is 0 Å². The van der Waals surface area contributed by atoms with Gasteiger partial charge in [-0.05, 0) is 55.8 Å². The number of carboxylic acids is 1. The molecule has 0 aliphatic carbocycles. The van der Waals surface area contributed by atoms with Gasteiger partial charge in [-0.25, -0.2) is 4.79 Å².